The van der Waals surface area contributed by atoms with Gasteiger partial charge in [-0.05, 0) is 38.8 Å². The molecule has 0 radical (unpaired) electrons. The molecule has 78 valence electrons. The summed E-state index contributed by atoms with van der Waals surface area (Å²) in [6.07, 6.45) is 2.29. The van der Waals surface area contributed by atoms with Crippen LogP contribution in [0.15, 0.2) is 0 Å². The average molecular weight is 186 g/mol. The summed E-state index contributed by atoms with van der Waals surface area (Å²) in [7, 11) is 0. The van der Waals surface area contributed by atoms with E-state index >= 15 is 0 Å². The lowest BCUT2D eigenvalue weighted by atomic mass is 10.0. The highest BCUT2D eigenvalue weighted by molar-refractivity contribution is 4.86. The summed E-state index contributed by atoms with van der Waals surface area (Å²) in [5.41, 5.74) is 5.76. The molecule has 1 aliphatic rings. The van der Waals surface area contributed by atoms with Crippen molar-refractivity contribution in [3.05, 3.63) is 0 Å². The van der Waals surface area contributed by atoms with E-state index in [2.05, 4.69) is 19.2 Å². The first-order valence-corrected chi connectivity index (χ1v) is 5.19. The van der Waals surface area contributed by atoms with Gasteiger partial charge < -0.3 is 15.8 Å². The minimum atomic E-state index is 0.217. The molecule has 0 spiro atoms. The van der Waals surface area contributed by atoms with Crippen molar-refractivity contribution >= 4 is 0 Å². The molecule has 1 rings (SSSR count). The molecule has 1 saturated heterocycles. The second-order valence-electron chi connectivity index (χ2n) is 4.42. The molecular formula is C10H22N2O. The third-order valence-corrected chi connectivity index (χ3v) is 2.81. The van der Waals surface area contributed by atoms with Crippen LogP contribution in [0.4, 0.5) is 0 Å². The van der Waals surface area contributed by atoms with Gasteiger partial charge in [0.05, 0.1) is 6.61 Å². The molecule has 0 aromatic carbocycles. The van der Waals surface area contributed by atoms with Crippen molar-refractivity contribution in [1.82, 2.24) is 5.32 Å². The smallest absolute Gasteiger partial charge is 0.0646 e. The van der Waals surface area contributed by atoms with E-state index in [1.807, 2.05) is 0 Å². The zero-order chi connectivity index (χ0) is 9.73. The first kappa shape index (κ1) is 11.0. The van der Waals surface area contributed by atoms with E-state index in [1.165, 1.54) is 0 Å². The standard InChI is InChI=1S/C10H22N2O/c1-9(7-11)3-5-12-10(2)4-6-13-8-10/h9,12H,3-8,11H2,1-2H3. The van der Waals surface area contributed by atoms with E-state index < -0.39 is 0 Å². The Bertz CT molecular complexity index is 144. The second-order valence-corrected chi connectivity index (χ2v) is 4.42. The van der Waals surface area contributed by atoms with E-state index in [9.17, 15) is 0 Å². The predicted molar refractivity (Wildman–Crippen MR) is 54.7 cm³/mol. The van der Waals surface area contributed by atoms with Gasteiger partial charge in [0.1, 0.15) is 0 Å². The largest absolute Gasteiger partial charge is 0.379 e. The van der Waals surface area contributed by atoms with Crippen LogP contribution in [0.1, 0.15) is 26.7 Å². The highest BCUT2D eigenvalue weighted by Gasteiger charge is 2.28. The van der Waals surface area contributed by atoms with Gasteiger partial charge in [-0.25, -0.2) is 0 Å². The van der Waals surface area contributed by atoms with Gasteiger partial charge in [-0.2, -0.15) is 0 Å². The molecule has 0 aliphatic carbocycles. The van der Waals surface area contributed by atoms with Crippen molar-refractivity contribution in [3.63, 3.8) is 0 Å². The van der Waals surface area contributed by atoms with Crippen LogP contribution in [-0.4, -0.2) is 31.8 Å². The molecule has 0 saturated carbocycles. The maximum absolute atomic E-state index is 5.55. The van der Waals surface area contributed by atoms with Crippen LogP contribution < -0.4 is 11.1 Å². The Balaban J connectivity index is 2.11. The lowest BCUT2D eigenvalue weighted by Gasteiger charge is -2.24. The highest BCUT2D eigenvalue weighted by atomic mass is 16.5. The zero-order valence-electron chi connectivity index (χ0n) is 8.81. The molecule has 3 N–H and O–H groups in total. The third-order valence-electron chi connectivity index (χ3n) is 2.81. The van der Waals surface area contributed by atoms with Crippen molar-refractivity contribution in [1.29, 1.82) is 0 Å². The molecule has 0 amide bonds. The number of nitrogens with one attached hydrogen (secondary N) is 1. The third kappa shape index (κ3) is 3.63. The molecular weight excluding hydrogens is 164 g/mol. The molecule has 3 heteroatoms. The molecule has 1 heterocycles. The van der Waals surface area contributed by atoms with Gasteiger partial charge in [-0.15, -0.1) is 0 Å². The SMILES string of the molecule is CC(CN)CCNC1(C)CCOC1. The summed E-state index contributed by atoms with van der Waals surface area (Å²) in [5, 5.41) is 3.54. The van der Waals surface area contributed by atoms with Crippen molar-refractivity contribution in [2.75, 3.05) is 26.3 Å². The Labute approximate surface area is 81.0 Å². The molecule has 1 fully saturated rings. The van der Waals surface area contributed by atoms with Crippen molar-refractivity contribution in [2.45, 2.75) is 32.2 Å². The van der Waals surface area contributed by atoms with Gasteiger partial charge in [-0.1, -0.05) is 6.92 Å². The first-order chi connectivity index (χ1) is 6.16. The quantitative estimate of drug-likeness (QED) is 0.666. The molecule has 0 aromatic heterocycles. The minimum absolute atomic E-state index is 0.217. The monoisotopic (exact) mass is 186 g/mol. The van der Waals surface area contributed by atoms with E-state index in [0.717, 1.165) is 39.1 Å². The molecule has 1 aliphatic heterocycles. The van der Waals surface area contributed by atoms with Crippen molar-refractivity contribution in [2.24, 2.45) is 11.7 Å². The van der Waals surface area contributed by atoms with Crippen LogP contribution in [0.3, 0.4) is 0 Å². The number of hydrogen-bond donors (Lipinski definition) is 2. The molecule has 0 aromatic rings. The Kier molecular flexibility index (Phi) is 4.16. The van der Waals surface area contributed by atoms with Crippen LogP contribution in [0.25, 0.3) is 0 Å². The Morgan fingerprint density at radius 3 is 2.92 bits per heavy atom. The summed E-state index contributed by atoms with van der Waals surface area (Å²) in [6, 6.07) is 0. The van der Waals surface area contributed by atoms with Crippen LogP contribution in [0.2, 0.25) is 0 Å². The molecule has 13 heavy (non-hydrogen) atoms. The maximum Gasteiger partial charge on any atom is 0.0646 e. The van der Waals surface area contributed by atoms with Gasteiger partial charge in [0.25, 0.3) is 0 Å². The zero-order valence-corrected chi connectivity index (χ0v) is 8.81. The summed E-state index contributed by atoms with van der Waals surface area (Å²) in [6.45, 7) is 8.01. The maximum atomic E-state index is 5.55. The lowest BCUT2D eigenvalue weighted by molar-refractivity contribution is 0.171. The summed E-state index contributed by atoms with van der Waals surface area (Å²) < 4.78 is 5.36. The van der Waals surface area contributed by atoms with Crippen LogP contribution >= 0.6 is 0 Å². The first-order valence-electron chi connectivity index (χ1n) is 5.19. The molecule has 0 bridgehead atoms. The van der Waals surface area contributed by atoms with E-state index in [1.54, 1.807) is 0 Å². The summed E-state index contributed by atoms with van der Waals surface area (Å²) in [4.78, 5) is 0. The topological polar surface area (TPSA) is 47.3 Å². The number of nitrogens with two attached hydrogens (primary N) is 1. The number of rotatable bonds is 5. The second kappa shape index (κ2) is 4.94. The van der Waals surface area contributed by atoms with Gasteiger partial charge >= 0.3 is 0 Å². The fourth-order valence-electron chi connectivity index (χ4n) is 1.54. The summed E-state index contributed by atoms with van der Waals surface area (Å²) >= 11 is 0. The Hall–Kier alpha value is -0.120. The van der Waals surface area contributed by atoms with Gasteiger partial charge in [-0.3, -0.25) is 0 Å². The van der Waals surface area contributed by atoms with Gasteiger partial charge in [0, 0.05) is 12.1 Å². The van der Waals surface area contributed by atoms with Crippen LogP contribution in [-0.2, 0) is 4.74 Å². The van der Waals surface area contributed by atoms with E-state index in [0.29, 0.717) is 5.92 Å². The Morgan fingerprint density at radius 2 is 2.38 bits per heavy atom. The number of hydrogen-bond acceptors (Lipinski definition) is 3. The van der Waals surface area contributed by atoms with Gasteiger partial charge in [0.2, 0.25) is 0 Å². The van der Waals surface area contributed by atoms with Gasteiger partial charge in [0.15, 0.2) is 0 Å². The Morgan fingerprint density at radius 1 is 1.62 bits per heavy atom. The number of ether oxygens (including phenoxy) is 1. The van der Waals surface area contributed by atoms with Crippen LogP contribution in [0, 0.1) is 5.92 Å². The molecule has 2 atom stereocenters. The lowest BCUT2D eigenvalue weighted by Crippen LogP contribution is -2.43. The average Bonchev–Trinajstić information content (AvgIpc) is 2.52. The molecule has 2 unspecified atom stereocenters. The predicted octanol–water partition coefficient (Wildman–Crippen LogP) is 0.740. The van der Waals surface area contributed by atoms with Crippen LogP contribution in [0.5, 0.6) is 0 Å². The summed E-state index contributed by atoms with van der Waals surface area (Å²) in [5.74, 6) is 0.624. The van der Waals surface area contributed by atoms with E-state index in [-0.39, 0.29) is 5.54 Å². The van der Waals surface area contributed by atoms with Crippen molar-refractivity contribution < 1.29 is 4.74 Å². The van der Waals surface area contributed by atoms with Crippen molar-refractivity contribution in [3.8, 4) is 0 Å². The fourth-order valence-corrected chi connectivity index (χ4v) is 1.54. The van der Waals surface area contributed by atoms with E-state index in [4.69, 9.17) is 10.5 Å². The minimum Gasteiger partial charge on any atom is -0.379 e. The highest BCUT2D eigenvalue weighted by Crippen LogP contribution is 2.17. The normalized spacial score (nSPS) is 30.7. The fraction of sp³-hybridized carbons (Fsp3) is 1.00. The molecule has 3 nitrogen and oxygen atoms in total.